The molecule has 58 valence electrons. The summed E-state index contributed by atoms with van der Waals surface area (Å²) in [6.45, 7) is 8.22. The van der Waals surface area contributed by atoms with Gasteiger partial charge in [0.15, 0.2) is 0 Å². The lowest BCUT2D eigenvalue weighted by molar-refractivity contribution is 1.14. The van der Waals surface area contributed by atoms with Gasteiger partial charge in [-0.25, -0.2) is 0 Å². The minimum Gasteiger partial charge on any atom is -0.0889 e. The Kier molecular flexibility index (Phi) is 4.46. The molecule has 0 heterocycles. The topological polar surface area (TPSA) is 0 Å². The maximum absolute atomic E-state index is 5.93. The van der Waals surface area contributed by atoms with E-state index >= 15 is 0 Å². The van der Waals surface area contributed by atoms with E-state index in [0.717, 1.165) is 11.5 Å². The van der Waals surface area contributed by atoms with E-state index in [-0.39, 0.29) is 0 Å². The van der Waals surface area contributed by atoms with Crippen LogP contribution in [0.4, 0.5) is 0 Å². The molecule has 0 aromatic rings. The molecule has 0 aliphatic heterocycles. The lowest BCUT2D eigenvalue weighted by Gasteiger charge is -2.02. The minimum absolute atomic E-state index is 0.929. The summed E-state index contributed by atoms with van der Waals surface area (Å²) in [6, 6.07) is 0. The van der Waals surface area contributed by atoms with E-state index in [1.54, 1.807) is 0 Å². The molecule has 10 heavy (non-hydrogen) atoms. The normalized spacial score (nSPS) is 15.1. The van der Waals surface area contributed by atoms with Gasteiger partial charge in [0.05, 0.1) is 0 Å². The van der Waals surface area contributed by atoms with Gasteiger partial charge >= 0.3 is 0 Å². The number of hydrogen-bond acceptors (Lipinski definition) is 0. The Morgan fingerprint density at radius 3 is 2.20 bits per heavy atom. The fraction of sp³-hybridized carbons (Fsp3) is 0.556. The van der Waals surface area contributed by atoms with Gasteiger partial charge in [-0.1, -0.05) is 30.2 Å². The van der Waals surface area contributed by atoms with Crippen molar-refractivity contribution >= 4 is 11.6 Å². The molecule has 0 aliphatic rings. The predicted octanol–water partition coefficient (Wildman–Crippen LogP) is 3.88. The molecule has 0 rings (SSSR count). The highest BCUT2D eigenvalue weighted by Crippen LogP contribution is 2.19. The van der Waals surface area contributed by atoms with Gasteiger partial charge in [-0.2, -0.15) is 0 Å². The van der Waals surface area contributed by atoms with E-state index < -0.39 is 0 Å². The van der Waals surface area contributed by atoms with Crippen LogP contribution in [0.15, 0.2) is 22.3 Å². The summed E-state index contributed by atoms with van der Waals surface area (Å²) in [4.78, 5) is 0. The molecule has 0 unspecified atom stereocenters. The lowest BCUT2D eigenvalue weighted by Crippen LogP contribution is -1.81. The molecule has 0 atom stereocenters. The van der Waals surface area contributed by atoms with Crippen LogP contribution in [0.2, 0.25) is 0 Å². The van der Waals surface area contributed by atoms with Crippen LogP contribution in [0.3, 0.4) is 0 Å². The summed E-state index contributed by atoms with van der Waals surface area (Å²) in [5.41, 5.74) is 2.48. The van der Waals surface area contributed by atoms with Gasteiger partial charge in [0.1, 0.15) is 0 Å². The van der Waals surface area contributed by atoms with Crippen molar-refractivity contribution in [3.8, 4) is 0 Å². The first-order valence-electron chi connectivity index (χ1n) is 3.62. The SMILES string of the molecule is C/C=C(C)/C(C)=C(\Cl)CC. The molecule has 0 aromatic heterocycles. The summed E-state index contributed by atoms with van der Waals surface area (Å²) >= 11 is 5.93. The largest absolute Gasteiger partial charge is 0.0889 e. The van der Waals surface area contributed by atoms with E-state index in [9.17, 15) is 0 Å². The van der Waals surface area contributed by atoms with Crippen LogP contribution < -0.4 is 0 Å². The van der Waals surface area contributed by atoms with Crippen LogP contribution in [-0.2, 0) is 0 Å². The van der Waals surface area contributed by atoms with Crippen molar-refractivity contribution < 1.29 is 0 Å². The van der Waals surface area contributed by atoms with Gasteiger partial charge in [-0.3, -0.25) is 0 Å². The number of hydrogen-bond donors (Lipinski definition) is 0. The van der Waals surface area contributed by atoms with Crippen LogP contribution in [0.1, 0.15) is 34.1 Å². The molecule has 0 aromatic carbocycles. The fourth-order valence-electron chi connectivity index (χ4n) is 0.696. The second-order valence-corrected chi connectivity index (χ2v) is 2.81. The summed E-state index contributed by atoms with van der Waals surface area (Å²) in [6.07, 6.45) is 3.01. The Labute approximate surface area is 68.6 Å². The quantitative estimate of drug-likeness (QED) is 0.536. The van der Waals surface area contributed by atoms with Crippen molar-refractivity contribution in [3.05, 3.63) is 22.3 Å². The molecule has 0 bridgehead atoms. The maximum Gasteiger partial charge on any atom is 0.0209 e. The maximum atomic E-state index is 5.93. The van der Waals surface area contributed by atoms with Gasteiger partial charge in [0.25, 0.3) is 0 Å². The molecular formula is C9H15Cl. The molecule has 0 fully saturated rings. The Balaban J connectivity index is 4.46. The third kappa shape index (κ3) is 2.57. The number of rotatable bonds is 2. The number of allylic oxidation sites excluding steroid dienone is 4. The monoisotopic (exact) mass is 158 g/mol. The van der Waals surface area contributed by atoms with Gasteiger partial charge < -0.3 is 0 Å². The molecule has 0 nitrogen and oxygen atoms in total. The fourth-order valence-corrected chi connectivity index (χ4v) is 0.845. The smallest absolute Gasteiger partial charge is 0.0209 e. The molecule has 0 radical (unpaired) electrons. The average Bonchev–Trinajstić information content (AvgIpc) is 2.00. The Morgan fingerprint density at radius 1 is 1.40 bits per heavy atom. The minimum atomic E-state index is 0.929. The molecule has 0 N–H and O–H groups in total. The van der Waals surface area contributed by atoms with Crippen molar-refractivity contribution in [1.29, 1.82) is 0 Å². The highest BCUT2D eigenvalue weighted by molar-refractivity contribution is 6.30. The van der Waals surface area contributed by atoms with Gasteiger partial charge in [0, 0.05) is 5.03 Å². The molecule has 0 spiro atoms. The zero-order valence-electron chi connectivity index (χ0n) is 7.16. The molecule has 0 aliphatic carbocycles. The summed E-state index contributed by atoms with van der Waals surface area (Å²) in [7, 11) is 0. The lowest BCUT2D eigenvalue weighted by atomic mass is 10.1. The first kappa shape index (κ1) is 9.77. The highest BCUT2D eigenvalue weighted by atomic mass is 35.5. The van der Waals surface area contributed by atoms with Crippen LogP contribution in [0, 0.1) is 0 Å². The zero-order valence-corrected chi connectivity index (χ0v) is 7.92. The molecule has 0 amide bonds. The second-order valence-electron chi connectivity index (χ2n) is 2.36. The molecule has 0 saturated heterocycles. The van der Waals surface area contributed by atoms with E-state index in [1.807, 2.05) is 6.92 Å². The molecular weight excluding hydrogens is 144 g/mol. The van der Waals surface area contributed by atoms with E-state index in [2.05, 4.69) is 26.8 Å². The average molecular weight is 159 g/mol. The van der Waals surface area contributed by atoms with Crippen LogP contribution in [0.25, 0.3) is 0 Å². The van der Waals surface area contributed by atoms with Crippen molar-refractivity contribution in [2.75, 3.05) is 0 Å². The van der Waals surface area contributed by atoms with Crippen LogP contribution in [0.5, 0.6) is 0 Å². The summed E-state index contributed by atoms with van der Waals surface area (Å²) in [5.74, 6) is 0. The predicted molar refractivity (Wildman–Crippen MR) is 48.3 cm³/mol. The Morgan fingerprint density at radius 2 is 1.90 bits per heavy atom. The van der Waals surface area contributed by atoms with E-state index in [4.69, 9.17) is 11.6 Å². The van der Waals surface area contributed by atoms with Gasteiger partial charge in [0.2, 0.25) is 0 Å². The van der Waals surface area contributed by atoms with Gasteiger partial charge in [-0.15, -0.1) is 0 Å². The standard InChI is InChI=1S/C9H15Cl/c1-5-7(3)8(4)9(10)6-2/h5H,6H2,1-4H3/b7-5+,9-8-. The first-order chi connectivity index (χ1) is 4.63. The zero-order chi connectivity index (χ0) is 8.15. The Hall–Kier alpha value is -0.230. The third-order valence-corrected chi connectivity index (χ3v) is 2.29. The number of halogens is 1. The second kappa shape index (κ2) is 4.56. The summed E-state index contributed by atoms with van der Waals surface area (Å²) in [5, 5.41) is 0.968. The van der Waals surface area contributed by atoms with Crippen LogP contribution in [-0.4, -0.2) is 0 Å². The van der Waals surface area contributed by atoms with Crippen molar-refractivity contribution in [3.63, 3.8) is 0 Å². The third-order valence-electron chi connectivity index (χ3n) is 1.74. The summed E-state index contributed by atoms with van der Waals surface area (Å²) < 4.78 is 0. The first-order valence-corrected chi connectivity index (χ1v) is 3.99. The van der Waals surface area contributed by atoms with Crippen molar-refractivity contribution in [1.82, 2.24) is 0 Å². The Bertz CT molecular complexity index is 164. The molecule has 1 heteroatoms. The van der Waals surface area contributed by atoms with E-state index in [1.165, 1.54) is 11.1 Å². The van der Waals surface area contributed by atoms with E-state index in [0.29, 0.717) is 0 Å². The highest BCUT2D eigenvalue weighted by Gasteiger charge is 1.96. The van der Waals surface area contributed by atoms with Crippen molar-refractivity contribution in [2.45, 2.75) is 34.1 Å². The van der Waals surface area contributed by atoms with Crippen molar-refractivity contribution in [2.24, 2.45) is 0 Å². The molecule has 0 saturated carbocycles. The van der Waals surface area contributed by atoms with Crippen LogP contribution >= 0.6 is 11.6 Å². The van der Waals surface area contributed by atoms with Gasteiger partial charge in [-0.05, 0) is 32.8 Å².